The molecule has 0 amide bonds. The van der Waals surface area contributed by atoms with Gasteiger partial charge in [-0.3, -0.25) is 5.10 Å². The van der Waals surface area contributed by atoms with E-state index in [2.05, 4.69) is 14.9 Å². The van der Waals surface area contributed by atoms with Crippen molar-refractivity contribution in [2.45, 2.75) is 0 Å². The van der Waals surface area contributed by atoms with Crippen LogP contribution in [0.25, 0.3) is 10.9 Å². The topological polar surface area (TPSA) is 64.2 Å². The predicted molar refractivity (Wildman–Crippen MR) is 54.0 cm³/mol. The molecule has 0 fully saturated rings. The first-order valence-corrected chi connectivity index (χ1v) is 4.35. The summed E-state index contributed by atoms with van der Waals surface area (Å²) in [6, 6.07) is 3.41. The maximum absolute atomic E-state index is 11.5. The Hall–Kier alpha value is -2.04. The Morgan fingerprint density at radius 1 is 1.40 bits per heavy atom. The number of carbonyl (C=O) groups is 1. The average molecular weight is 206 g/mol. The number of nitrogens with zero attached hydrogens (tertiary/aromatic N) is 1. The quantitative estimate of drug-likeness (QED) is 0.753. The number of methoxy groups -OCH3 is 2. The largest absolute Gasteiger partial charge is 0.497 e. The molecular formula is C10H10N2O3. The van der Waals surface area contributed by atoms with Crippen molar-refractivity contribution in [2.24, 2.45) is 0 Å². The van der Waals surface area contributed by atoms with E-state index in [1.807, 2.05) is 0 Å². The molecule has 0 saturated carbocycles. The third-order valence-electron chi connectivity index (χ3n) is 2.16. The second kappa shape index (κ2) is 3.61. The fraction of sp³-hybridized carbons (Fsp3) is 0.200. The number of aromatic nitrogens is 2. The highest BCUT2D eigenvalue weighted by Crippen LogP contribution is 2.23. The molecule has 15 heavy (non-hydrogen) atoms. The maximum Gasteiger partial charge on any atom is 0.340 e. The van der Waals surface area contributed by atoms with Gasteiger partial charge >= 0.3 is 5.97 Å². The Bertz CT molecular complexity index is 504. The van der Waals surface area contributed by atoms with Crippen LogP contribution in [-0.2, 0) is 4.74 Å². The van der Waals surface area contributed by atoms with Crippen LogP contribution in [0.2, 0.25) is 0 Å². The van der Waals surface area contributed by atoms with Gasteiger partial charge in [0.1, 0.15) is 5.75 Å². The standard InChI is InChI=1S/C10H10N2O3/c1-14-7-3-6-5-11-12-9(6)8(4-7)10(13)15-2/h3-5H,1-2H3,(H,11,12). The summed E-state index contributed by atoms with van der Waals surface area (Å²) in [5.41, 5.74) is 1.08. The first-order valence-electron chi connectivity index (χ1n) is 4.35. The van der Waals surface area contributed by atoms with Crippen molar-refractivity contribution >= 4 is 16.9 Å². The monoisotopic (exact) mass is 206 g/mol. The lowest BCUT2D eigenvalue weighted by atomic mass is 10.1. The highest BCUT2D eigenvalue weighted by molar-refractivity contribution is 6.03. The summed E-state index contributed by atoms with van der Waals surface area (Å²) in [6.07, 6.45) is 1.63. The minimum absolute atomic E-state index is 0.414. The summed E-state index contributed by atoms with van der Waals surface area (Å²) >= 11 is 0. The lowest BCUT2D eigenvalue weighted by molar-refractivity contribution is 0.0602. The summed E-state index contributed by atoms with van der Waals surface area (Å²) in [4.78, 5) is 11.5. The fourth-order valence-electron chi connectivity index (χ4n) is 1.42. The van der Waals surface area contributed by atoms with Gasteiger partial charge in [-0.25, -0.2) is 4.79 Å². The van der Waals surface area contributed by atoms with Crippen LogP contribution < -0.4 is 4.74 Å². The van der Waals surface area contributed by atoms with Gasteiger partial charge in [-0.05, 0) is 12.1 Å². The molecule has 0 aliphatic rings. The van der Waals surface area contributed by atoms with Gasteiger partial charge in [0, 0.05) is 5.39 Å². The molecule has 0 bridgehead atoms. The van der Waals surface area contributed by atoms with E-state index in [9.17, 15) is 4.79 Å². The highest BCUT2D eigenvalue weighted by Gasteiger charge is 2.13. The number of aromatic amines is 1. The number of nitrogens with one attached hydrogen (secondary N) is 1. The average Bonchev–Trinajstić information content (AvgIpc) is 2.74. The Kier molecular flexibility index (Phi) is 2.29. The molecule has 1 N–H and O–H groups in total. The van der Waals surface area contributed by atoms with Crippen molar-refractivity contribution in [1.82, 2.24) is 10.2 Å². The molecule has 0 radical (unpaired) electrons. The van der Waals surface area contributed by atoms with Gasteiger partial charge in [-0.15, -0.1) is 0 Å². The van der Waals surface area contributed by atoms with Crippen LogP contribution in [-0.4, -0.2) is 30.4 Å². The first-order chi connectivity index (χ1) is 7.26. The van der Waals surface area contributed by atoms with E-state index in [4.69, 9.17) is 4.74 Å². The Balaban J connectivity index is 2.68. The van der Waals surface area contributed by atoms with Crippen LogP contribution in [0, 0.1) is 0 Å². The normalized spacial score (nSPS) is 10.3. The van der Waals surface area contributed by atoms with E-state index in [0.717, 1.165) is 5.39 Å². The van der Waals surface area contributed by atoms with Crippen LogP contribution in [0.5, 0.6) is 5.75 Å². The number of hydrogen-bond donors (Lipinski definition) is 1. The number of benzene rings is 1. The molecule has 1 heterocycles. The summed E-state index contributed by atoms with van der Waals surface area (Å²) in [6.45, 7) is 0. The molecule has 0 saturated heterocycles. The number of esters is 1. The second-order valence-electron chi connectivity index (χ2n) is 3.00. The van der Waals surface area contributed by atoms with Gasteiger partial charge in [0.25, 0.3) is 0 Å². The van der Waals surface area contributed by atoms with Crippen LogP contribution in [0.15, 0.2) is 18.3 Å². The van der Waals surface area contributed by atoms with Gasteiger partial charge < -0.3 is 9.47 Å². The second-order valence-corrected chi connectivity index (χ2v) is 3.00. The zero-order valence-corrected chi connectivity index (χ0v) is 8.40. The van der Waals surface area contributed by atoms with E-state index >= 15 is 0 Å². The Labute approximate surface area is 86.0 Å². The van der Waals surface area contributed by atoms with Crippen molar-refractivity contribution in [3.63, 3.8) is 0 Å². The molecule has 78 valence electrons. The van der Waals surface area contributed by atoms with E-state index in [0.29, 0.717) is 16.8 Å². The Morgan fingerprint density at radius 3 is 2.87 bits per heavy atom. The van der Waals surface area contributed by atoms with Crippen LogP contribution in [0.4, 0.5) is 0 Å². The van der Waals surface area contributed by atoms with E-state index < -0.39 is 5.97 Å². The van der Waals surface area contributed by atoms with Gasteiger partial charge in [-0.2, -0.15) is 5.10 Å². The lowest BCUT2D eigenvalue weighted by Crippen LogP contribution is -2.02. The molecule has 0 aliphatic carbocycles. The van der Waals surface area contributed by atoms with Crippen LogP contribution >= 0.6 is 0 Å². The SMILES string of the molecule is COC(=O)c1cc(OC)cc2cn[nH]c12. The number of hydrogen-bond acceptors (Lipinski definition) is 4. The molecule has 1 aromatic carbocycles. The number of rotatable bonds is 2. The fourth-order valence-corrected chi connectivity index (χ4v) is 1.42. The summed E-state index contributed by atoms with van der Waals surface area (Å²) in [5.74, 6) is 0.187. The van der Waals surface area contributed by atoms with Gasteiger partial charge in [0.15, 0.2) is 0 Å². The third kappa shape index (κ3) is 1.52. The number of H-pyrrole nitrogens is 1. The van der Waals surface area contributed by atoms with Crippen LogP contribution in [0.1, 0.15) is 10.4 Å². The molecule has 1 aromatic heterocycles. The number of fused-ring (bicyclic) bond motifs is 1. The zero-order valence-electron chi connectivity index (χ0n) is 8.40. The van der Waals surface area contributed by atoms with E-state index in [1.165, 1.54) is 7.11 Å². The summed E-state index contributed by atoms with van der Waals surface area (Å²) in [7, 11) is 2.88. The summed E-state index contributed by atoms with van der Waals surface area (Å²) in [5, 5.41) is 7.43. The van der Waals surface area contributed by atoms with Gasteiger partial charge in [0.2, 0.25) is 0 Å². The van der Waals surface area contributed by atoms with Crippen molar-refractivity contribution < 1.29 is 14.3 Å². The zero-order chi connectivity index (χ0) is 10.8. The molecule has 0 spiro atoms. The molecule has 2 rings (SSSR count). The Morgan fingerprint density at radius 2 is 2.20 bits per heavy atom. The van der Waals surface area contributed by atoms with Crippen LogP contribution in [0.3, 0.4) is 0 Å². The predicted octanol–water partition coefficient (Wildman–Crippen LogP) is 1.36. The van der Waals surface area contributed by atoms with Crippen molar-refractivity contribution in [3.8, 4) is 5.75 Å². The minimum atomic E-state index is -0.414. The van der Waals surface area contributed by atoms with E-state index in [1.54, 1.807) is 25.4 Å². The van der Waals surface area contributed by atoms with Crippen molar-refractivity contribution in [2.75, 3.05) is 14.2 Å². The molecule has 0 aliphatic heterocycles. The molecule has 0 unspecified atom stereocenters. The lowest BCUT2D eigenvalue weighted by Gasteiger charge is -2.04. The minimum Gasteiger partial charge on any atom is -0.497 e. The van der Waals surface area contributed by atoms with Gasteiger partial charge in [0.05, 0.1) is 31.5 Å². The molecule has 2 aromatic rings. The van der Waals surface area contributed by atoms with Crippen molar-refractivity contribution in [1.29, 1.82) is 0 Å². The number of ether oxygens (including phenoxy) is 2. The van der Waals surface area contributed by atoms with Gasteiger partial charge in [-0.1, -0.05) is 0 Å². The number of carbonyl (C=O) groups excluding carboxylic acids is 1. The first kappa shape index (κ1) is 9.51. The molecule has 0 atom stereocenters. The molecule has 5 heteroatoms. The third-order valence-corrected chi connectivity index (χ3v) is 2.16. The smallest absolute Gasteiger partial charge is 0.340 e. The maximum atomic E-state index is 11.5. The molecular weight excluding hydrogens is 196 g/mol. The van der Waals surface area contributed by atoms with E-state index in [-0.39, 0.29) is 0 Å². The summed E-state index contributed by atoms with van der Waals surface area (Å²) < 4.78 is 9.75. The highest BCUT2D eigenvalue weighted by atomic mass is 16.5. The van der Waals surface area contributed by atoms with Crippen molar-refractivity contribution in [3.05, 3.63) is 23.9 Å². The molecule has 5 nitrogen and oxygen atoms in total.